The van der Waals surface area contributed by atoms with E-state index in [1.54, 1.807) is 0 Å². The van der Waals surface area contributed by atoms with E-state index in [-0.39, 0.29) is 0 Å². The molecule has 90 valence electrons. The summed E-state index contributed by atoms with van der Waals surface area (Å²) < 4.78 is 2.07. The molecule has 1 N–H and O–H groups in total. The second-order valence-electron chi connectivity index (χ2n) is 5.07. The third-order valence-electron chi connectivity index (χ3n) is 3.91. The van der Waals surface area contributed by atoms with Crippen molar-refractivity contribution in [3.05, 3.63) is 18.2 Å². The zero-order valence-electron chi connectivity index (χ0n) is 10.5. The first-order valence-corrected chi connectivity index (χ1v) is 5.97. The molecule has 16 heavy (non-hydrogen) atoms. The van der Waals surface area contributed by atoms with Crippen LogP contribution < -0.4 is 5.32 Å². The highest BCUT2D eigenvalue weighted by Crippen LogP contribution is 2.35. The summed E-state index contributed by atoms with van der Waals surface area (Å²) in [6, 6.07) is 0. The van der Waals surface area contributed by atoms with Crippen molar-refractivity contribution in [3.63, 3.8) is 0 Å². The van der Waals surface area contributed by atoms with Crippen LogP contribution in [-0.2, 0) is 13.6 Å². The van der Waals surface area contributed by atoms with E-state index in [1.807, 2.05) is 19.6 Å². The molecular formula is C12H22N4. The van der Waals surface area contributed by atoms with Gasteiger partial charge in [-0.2, -0.15) is 0 Å². The molecule has 0 aliphatic heterocycles. The van der Waals surface area contributed by atoms with Gasteiger partial charge in [0.05, 0.1) is 12.0 Å². The Morgan fingerprint density at radius 3 is 2.69 bits per heavy atom. The zero-order chi connectivity index (χ0) is 11.6. The van der Waals surface area contributed by atoms with E-state index in [1.165, 1.54) is 25.0 Å². The lowest BCUT2D eigenvalue weighted by Crippen LogP contribution is -2.56. The van der Waals surface area contributed by atoms with Crippen LogP contribution in [-0.4, -0.2) is 40.6 Å². The van der Waals surface area contributed by atoms with Gasteiger partial charge in [0.2, 0.25) is 0 Å². The third-order valence-corrected chi connectivity index (χ3v) is 3.91. The SMILES string of the molecule is CN(C)C1(CNCc2cncn2C)CCC1. The number of aromatic nitrogens is 2. The molecule has 1 aromatic heterocycles. The summed E-state index contributed by atoms with van der Waals surface area (Å²) in [5, 5.41) is 3.55. The van der Waals surface area contributed by atoms with Crippen molar-refractivity contribution in [2.75, 3.05) is 20.6 Å². The number of nitrogens with one attached hydrogen (secondary N) is 1. The Kier molecular flexibility index (Phi) is 3.30. The van der Waals surface area contributed by atoms with Crippen molar-refractivity contribution >= 4 is 0 Å². The van der Waals surface area contributed by atoms with Gasteiger partial charge in [-0.3, -0.25) is 0 Å². The summed E-state index contributed by atoms with van der Waals surface area (Å²) >= 11 is 0. The normalized spacial score (nSPS) is 18.8. The maximum Gasteiger partial charge on any atom is 0.0945 e. The smallest absolute Gasteiger partial charge is 0.0945 e. The zero-order valence-corrected chi connectivity index (χ0v) is 10.5. The standard InChI is InChI=1S/C12H22N4/c1-15(2)12(5-4-6-12)9-13-7-11-8-14-10-16(11)3/h8,10,13H,4-7,9H2,1-3H3. The first kappa shape index (κ1) is 11.6. The van der Waals surface area contributed by atoms with Gasteiger partial charge < -0.3 is 14.8 Å². The van der Waals surface area contributed by atoms with Crippen molar-refractivity contribution in [1.29, 1.82) is 0 Å². The Hall–Kier alpha value is -0.870. The Labute approximate surface area is 97.7 Å². The second kappa shape index (κ2) is 4.55. The number of nitrogens with zero attached hydrogens (tertiary/aromatic N) is 3. The lowest BCUT2D eigenvalue weighted by Gasteiger charge is -2.47. The predicted molar refractivity (Wildman–Crippen MR) is 65.2 cm³/mol. The monoisotopic (exact) mass is 222 g/mol. The summed E-state index contributed by atoms with van der Waals surface area (Å²) in [4.78, 5) is 6.49. The molecule has 1 aliphatic rings. The van der Waals surface area contributed by atoms with E-state index in [2.05, 4.69) is 33.9 Å². The number of rotatable bonds is 5. The fourth-order valence-corrected chi connectivity index (χ4v) is 2.35. The Balaban J connectivity index is 1.82. The highest BCUT2D eigenvalue weighted by molar-refractivity contribution is 5.00. The number of hydrogen-bond donors (Lipinski definition) is 1. The lowest BCUT2D eigenvalue weighted by molar-refractivity contribution is 0.0597. The van der Waals surface area contributed by atoms with Crippen molar-refractivity contribution in [2.45, 2.75) is 31.3 Å². The maximum atomic E-state index is 4.12. The molecule has 1 saturated carbocycles. The number of imidazole rings is 1. The van der Waals surface area contributed by atoms with Crippen LogP contribution in [0.15, 0.2) is 12.5 Å². The van der Waals surface area contributed by atoms with Crippen molar-refractivity contribution < 1.29 is 0 Å². The van der Waals surface area contributed by atoms with Crippen LogP contribution in [0.25, 0.3) is 0 Å². The molecule has 1 aromatic rings. The second-order valence-corrected chi connectivity index (χ2v) is 5.07. The third kappa shape index (κ3) is 2.13. The molecule has 0 saturated heterocycles. The Morgan fingerprint density at radius 1 is 1.50 bits per heavy atom. The van der Waals surface area contributed by atoms with Crippen LogP contribution in [0.4, 0.5) is 0 Å². The minimum atomic E-state index is 0.401. The quantitative estimate of drug-likeness (QED) is 0.806. The van der Waals surface area contributed by atoms with Gasteiger partial charge >= 0.3 is 0 Å². The van der Waals surface area contributed by atoms with E-state index in [0.717, 1.165) is 13.1 Å². The summed E-state index contributed by atoms with van der Waals surface area (Å²) in [6.07, 6.45) is 7.78. The van der Waals surface area contributed by atoms with Crippen LogP contribution >= 0.6 is 0 Å². The average Bonchev–Trinajstić information content (AvgIpc) is 2.55. The summed E-state index contributed by atoms with van der Waals surface area (Å²) in [6.45, 7) is 1.98. The van der Waals surface area contributed by atoms with E-state index in [9.17, 15) is 0 Å². The fraction of sp³-hybridized carbons (Fsp3) is 0.750. The van der Waals surface area contributed by atoms with Gasteiger partial charge in [-0.1, -0.05) is 0 Å². The summed E-state index contributed by atoms with van der Waals surface area (Å²) in [5.74, 6) is 0. The molecule has 0 radical (unpaired) electrons. The average molecular weight is 222 g/mol. The van der Waals surface area contributed by atoms with Crippen molar-refractivity contribution in [1.82, 2.24) is 19.8 Å². The molecule has 0 unspecified atom stereocenters. The Bertz CT molecular complexity index is 339. The van der Waals surface area contributed by atoms with Crippen LogP contribution in [0.1, 0.15) is 25.0 Å². The fourth-order valence-electron chi connectivity index (χ4n) is 2.35. The van der Waals surface area contributed by atoms with Gasteiger partial charge in [-0.05, 0) is 33.4 Å². The van der Waals surface area contributed by atoms with Crippen LogP contribution in [0.2, 0.25) is 0 Å². The van der Waals surface area contributed by atoms with E-state index in [4.69, 9.17) is 0 Å². The van der Waals surface area contributed by atoms with Crippen LogP contribution in [0, 0.1) is 0 Å². The Morgan fingerprint density at radius 2 is 2.25 bits per heavy atom. The van der Waals surface area contributed by atoms with E-state index in [0.29, 0.717) is 5.54 Å². The van der Waals surface area contributed by atoms with Crippen molar-refractivity contribution in [3.8, 4) is 0 Å². The molecule has 0 atom stereocenters. The van der Waals surface area contributed by atoms with Gasteiger partial charge in [-0.15, -0.1) is 0 Å². The van der Waals surface area contributed by atoms with Gasteiger partial charge in [-0.25, -0.2) is 4.98 Å². The molecular weight excluding hydrogens is 200 g/mol. The van der Waals surface area contributed by atoms with E-state index >= 15 is 0 Å². The molecule has 2 rings (SSSR count). The number of likely N-dealkylation sites (N-methyl/N-ethyl adjacent to an activating group) is 1. The lowest BCUT2D eigenvalue weighted by atomic mass is 9.75. The van der Waals surface area contributed by atoms with Crippen molar-refractivity contribution in [2.24, 2.45) is 7.05 Å². The van der Waals surface area contributed by atoms with Crippen LogP contribution in [0.5, 0.6) is 0 Å². The van der Waals surface area contributed by atoms with Gasteiger partial charge in [0.15, 0.2) is 0 Å². The summed E-state index contributed by atoms with van der Waals surface area (Å²) in [5.41, 5.74) is 1.65. The summed E-state index contributed by atoms with van der Waals surface area (Å²) in [7, 11) is 6.41. The number of hydrogen-bond acceptors (Lipinski definition) is 3. The highest BCUT2D eigenvalue weighted by atomic mass is 15.2. The first-order valence-electron chi connectivity index (χ1n) is 5.97. The van der Waals surface area contributed by atoms with Gasteiger partial charge in [0.25, 0.3) is 0 Å². The molecule has 1 aliphatic carbocycles. The molecule has 4 heteroatoms. The number of aryl methyl sites for hydroxylation is 1. The molecule has 1 fully saturated rings. The minimum Gasteiger partial charge on any atom is -0.337 e. The van der Waals surface area contributed by atoms with Gasteiger partial charge in [0.1, 0.15) is 0 Å². The highest BCUT2D eigenvalue weighted by Gasteiger charge is 2.38. The molecule has 0 aromatic carbocycles. The largest absolute Gasteiger partial charge is 0.337 e. The van der Waals surface area contributed by atoms with Crippen LogP contribution in [0.3, 0.4) is 0 Å². The molecule has 0 spiro atoms. The molecule has 0 amide bonds. The van der Waals surface area contributed by atoms with Gasteiger partial charge in [0, 0.05) is 31.9 Å². The first-order chi connectivity index (χ1) is 7.64. The predicted octanol–water partition coefficient (Wildman–Crippen LogP) is 0.994. The molecule has 4 nitrogen and oxygen atoms in total. The maximum absolute atomic E-state index is 4.12. The molecule has 1 heterocycles. The molecule has 0 bridgehead atoms. The van der Waals surface area contributed by atoms with E-state index < -0.39 is 0 Å². The minimum absolute atomic E-state index is 0.401. The topological polar surface area (TPSA) is 33.1 Å².